The number of hydrogen-bond donors (Lipinski definition) is 3. The molecule has 0 fully saturated rings. The first-order valence-corrected chi connectivity index (χ1v) is 5.05. The maximum atomic E-state index is 5.34. The van der Waals surface area contributed by atoms with Gasteiger partial charge in [0.1, 0.15) is 12.3 Å². The predicted octanol–water partition coefficient (Wildman–Crippen LogP) is 0.223. The van der Waals surface area contributed by atoms with Gasteiger partial charge in [0.2, 0.25) is 5.96 Å². The molecule has 1 aromatic rings. The zero-order chi connectivity index (χ0) is 11.8. The summed E-state index contributed by atoms with van der Waals surface area (Å²) < 4.78 is 10.1. The first kappa shape index (κ1) is 12.5. The maximum Gasteiger partial charge on any atom is 0.206 e. The summed E-state index contributed by atoms with van der Waals surface area (Å²) in [4.78, 5) is 4.23. The Morgan fingerprint density at radius 3 is 3.06 bits per heavy atom. The number of furan rings is 1. The monoisotopic (exact) mass is 226 g/mol. The average molecular weight is 226 g/mol. The van der Waals surface area contributed by atoms with E-state index in [1.807, 2.05) is 19.1 Å². The fourth-order valence-electron chi connectivity index (χ4n) is 1.22. The Morgan fingerprint density at radius 2 is 2.50 bits per heavy atom. The number of aliphatic imine (C=N–C) groups is 1. The molecule has 0 aliphatic carbocycles. The van der Waals surface area contributed by atoms with E-state index in [-0.39, 0.29) is 6.04 Å². The van der Waals surface area contributed by atoms with Gasteiger partial charge in [-0.2, -0.15) is 0 Å². The molecular weight excluding hydrogens is 208 g/mol. The van der Waals surface area contributed by atoms with Gasteiger partial charge in [-0.15, -0.1) is 0 Å². The van der Waals surface area contributed by atoms with E-state index in [2.05, 4.69) is 15.7 Å². The molecule has 0 spiro atoms. The number of hydrogen-bond acceptors (Lipinski definition) is 4. The minimum absolute atomic E-state index is 0.136. The lowest BCUT2D eigenvalue weighted by atomic mass is 10.4. The fraction of sp³-hybridized carbons (Fsp3) is 0.500. The number of nitrogens with two attached hydrogens (primary N) is 1. The highest BCUT2D eigenvalue weighted by molar-refractivity contribution is 5.79. The molecule has 0 aliphatic heterocycles. The molecule has 1 rings (SSSR count). The van der Waals surface area contributed by atoms with Gasteiger partial charge in [0, 0.05) is 13.2 Å². The van der Waals surface area contributed by atoms with E-state index in [1.54, 1.807) is 13.4 Å². The highest BCUT2D eigenvalue weighted by Crippen LogP contribution is 2.00. The van der Waals surface area contributed by atoms with Gasteiger partial charge in [-0.25, -0.2) is 10.8 Å². The second-order valence-electron chi connectivity index (χ2n) is 3.39. The van der Waals surface area contributed by atoms with Gasteiger partial charge in [-0.1, -0.05) is 0 Å². The summed E-state index contributed by atoms with van der Waals surface area (Å²) in [5.74, 6) is 6.64. The van der Waals surface area contributed by atoms with Crippen molar-refractivity contribution in [2.24, 2.45) is 10.8 Å². The van der Waals surface area contributed by atoms with E-state index in [0.29, 0.717) is 19.1 Å². The van der Waals surface area contributed by atoms with Crippen LogP contribution in [0.3, 0.4) is 0 Å². The molecule has 0 bridgehead atoms. The highest BCUT2D eigenvalue weighted by Gasteiger charge is 2.03. The molecule has 0 saturated carbocycles. The average Bonchev–Trinajstić information content (AvgIpc) is 2.77. The number of rotatable bonds is 5. The van der Waals surface area contributed by atoms with Crippen LogP contribution in [0.15, 0.2) is 27.8 Å². The lowest BCUT2D eigenvalue weighted by molar-refractivity contribution is 0.179. The van der Waals surface area contributed by atoms with Crippen molar-refractivity contribution in [1.29, 1.82) is 0 Å². The van der Waals surface area contributed by atoms with E-state index in [1.165, 1.54) is 0 Å². The summed E-state index contributed by atoms with van der Waals surface area (Å²) in [6.07, 6.45) is 1.61. The van der Waals surface area contributed by atoms with E-state index in [9.17, 15) is 0 Å². The Labute approximate surface area is 94.8 Å². The summed E-state index contributed by atoms with van der Waals surface area (Å²) in [6, 6.07) is 3.81. The molecule has 0 saturated heterocycles. The van der Waals surface area contributed by atoms with Crippen molar-refractivity contribution in [3.63, 3.8) is 0 Å². The standard InChI is InChI=1S/C10H18N4O2/c1-8(7-15-2)13-10(14-11)12-6-9-4-3-5-16-9/h3-5,8H,6-7,11H2,1-2H3,(H2,12,13,14). The summed E-state index contributed by atoms with van der Waals surface area (Å²) in [7, 11) is 1.65. The van der Waals surface area contributed by atoms with E-state index >= 15 is 0 Å². The van der Waals surface area contributed by atoms with E-state index < -0.39 is 0 Å². The van der Waals surface area contributed by atoms with Crippen LogP contribution in [0.1, 0.15) is 12.7 Å². The van der Waals surface area contributed by atoms with E-state index in [0.717, 1.165) is 5.76 Å². The SMILES string of the molecule is COCC(C)NC(=NCc1ccco1)NN. The number of nitrogens with one attached hydrogen (secondary N) is 2. The molecule has 6 nitrogen and oxygen atoms in total. The molecule has 0 radical (unpaired) electrons. The van der Waals surface area contributed by atoms with Crippen molar-refractivity contribution >= 4 is 5.96 Å². The van der Waals surface area contributed by atoms with Crippen molar-refractivity contribution in [3.8, 4) is 0 Å². The minimum atomic E-state index is 0.136. The first-order valence-electron chi connectivity index (χ1n) is 5.05. The number of methoxy groups -OCH3 is 1. The van der Waals surface area contributed by atoms with Crippen molar-refractivity contribution in [2.75, 3.05) is 13.7 Å². The molecule has 1 atom stereocenters. The van der Waals surface area contributed by atoms with Gasteiger partial charge in [0.25, 0.3) is 0 Å². The van der Waals surface area contributed by atoms with Gasteiger partial charge in [0.15, 0.2) is 0 Å². The second kappa shape index (κ2) is 6.86. The van der Waals surface area contributed by atoms with Crippen LogP contribution < -0.4 is 16.6 Å². The molecule has 0 aromatic carbocycles. The topological polar surface area (TPSA) is 84.8 Å². The van der Waals surface area contributed by atoms with Crippen molar-refractivity contribution < 1.29 is 9.15 Å². The van der Waals surface area contributed by atoms with Crippen molar-refractivity contribution in [1.82, 2.24) is 10.7 Å². The third-order valence-electron chi connectivity index (χ3n) is 1.91. The molecular formula is C10H18N4O2. The van der Waals surface area contributed by atoms with Gasteiger partial charge >= 0.3 is 0 Å². The molecule has 1 heterocycles. The van der Waals surface area contributed by atoms with Crippen molar-refractivity contribution in [3.05, 3.63) is 24.2 Å². The Bertz CT molecular complexity index is 311. The summed E-state index contributed by atoms with van der Waals surface area (Å²) in [5.41, 5.74) is 2.50. The lowest BCUT2D eigenvalue weighted by Crippen LogP contribution is -2.46. The van der Waals surface area contributed by atoms with Crippen LogP contribution in [-0.2, 0) is 11.3 Å². The van der Waals surface area contributed by atoms with Crippen LogP contribution in [0.2, 0.25) is 0 Å². The lowest BCUT2D eigenvalue weighted by Gasteiger charge is -2.15. The number of hydrazine groups is 1. The largest absolute Gasteiger partial charge is 0.467 e. The van der Waals surface area contributed by atoms with Gasteiger partial charge in [0.05, 0.1) is 12.9 Å². The van der Waals surface area contributed by atoms with Crippen LogP contribution in [0, 0.1) is 0 Å². The van der Waals surface area contributed by atoms with Crippen LogP contribution in [0.5, 0.6) is 0 Å². The third-order valence-corrected chi connectivity index (χ3v) is 1.91. The Morgan fingerprint density at radius 1 is 1.69 bits per heavy atom. The van der Waals surface area contributed by atoms with Gasteiger partial charge < -0.3 is 14.5 Å². The highest BCUT2D eigenvalue weighted by atomic mass is 16.5. The third kappa shape index (κ3) is 4.33. The van der Waals surface area contributed by atoms with Crippen molar-refractivity contribution in [2.45, 2.75) is 19.5 Å². The molecule has 1 unspecified atom stereocenters. The zero-order valence-electron chi connectivity index (χ0n) is 9.56. The number of nitrogens with zero attached hydrogens (tertiary/aromatic N) is 1. The van der Waals surface area contributed by atoms with Crippen LogP contribution in [0.25, 0.3) is 0 Å². The Kier molecular flexibility index (Phi) is 5.38. The molecule has 16 heavy (non-hydrogen) atoms. The number of guanidine groups is 1. The smallest absolute Gasteiger partial charge is 0.206 e. The Balaban J connectivity index is 2.43. The molecule has 4 N–H and O–H groups in total. The molecule has 0 aliphatic rings. The first-order chi connectivity index (χ1) is 7.76. The maximum absolute atomic E-state index is 5.34. The quantitative estimate of drug-likeness (QED) is 0.289. The molecule has 1 aromatic heterocycles. The Hall–Kier alpha value is -1.53. The molecule has 6 heteroatoms. The normalized spacial score (nSPS) is 13.6. The number of ether oxygens (including phenoxy) is 1. The molecule has 0 amide bonds. The summed E-state index contributed by atoms with van der Waals surface area (Å²) in [5, 5.41) is 3.08. The van der Waals surface area contributed by atoms with Crippen LogP contribution in [-0.4, -0.2) is 25.7 Å². The van der Waals surface area contributed by atoms with E-state index in [4.69, 9.17) is 15.0 Å². The van der Waals surface area contributed by atoms with Crippen LogP contribution in [0.4, 0.5) is 0 Å². The molecule has 90 valence electrons. The van der Waals surface area contributed by atoms with Gasteiger partial charge in [-0.05, 0) is 19.1 Å². The van der Waals surface area contributed by atoms with Gasteiger partial charge in [-0.3, -0.25) is 5.43 Å². The fourth-order valence-corrected chi connectivity index (χ4v) is 1.22. The summed E-state index contributed by atoms with van der Waals surface area (Å²) >= 11 is 0. The summed E-state index contributed by atoms with van der Waals surface area (Å²) in [6.45, 7) is 3.00. The zero-order valence-corrected chi connectivity index (χ0v) is 9.56. The predicted molar refractivity (Wildman–Crippen MR) is 61.6 cm³/mol. The second-order valence-corrected chi connectivity index (χ2v) is 3.39. The minimum Gasteiger partial charge on any atom is -0.467 e. The van der Waals surface area contributed by atoms with Crippen LogP contribution >= 0.6 is 0 Å².